The zero-order valence-corrected chi connectivity index (χ0v) is 21.9. The number of para-hydroxylation sites is 2. The van der Waals surface area contributed by atoms with Gasteiger partial charge in [0.1, 0.15) is 24.7 Å². The summed E-state index contributed by atoms with van der Waals surface area (Å²) in [7, 11) is 0. The molecule has 2 aromatic carbocycles. The maximum atomic E-state index is 5.99. The van der Waals surface area contributed by atoms with Crippen LogP contribution in [0.3, 0.4) is 0 Å². The lowest BCUT2D eigenvalue weighted by Gasteiger charge is -2.18. The Bertz CT molecular complexity index is 733. The molecule has 190 valence electrons. The van der Waals surface area contributed by atoms with Gasteiger partial charge in [0.05, 0.1) is 26.4 Å². The monoisotopic (exact) mass is 472 g/mol. The van der Waals surface area contributed by atoms with E-state index in [1.807, 2.05) is 0 Å². The Hall–Kier alpha value is -2.12. The van der Waals surface area contributed by atoms with Gasteiger partial charge in [-0.05, 0) is 63.8 Å². The van der Waals surface area contributed by atoms with E-state index in [9.17, 15) is 0 Å². The van der Waals surface area contributed by atoms with Gasteiger partial charge in [-0.1, -0.05) is 36.4 Å². The first-order valence-electron chi connectivity index (χ1n) is 12.4. The molecule has 2 aromatic rings. The molecule has 0 radical (unpaired) electrons. The van der Waals surface area contributed by atoms with Gasteiger partial charge in [0.15, 0.2) is 0 Å². The summed E-state index contributed by atoms with van der Waals surface area (Å²) in [4.78, 5) is 0. The molecule has 34 heavy (non-hydrogen) atoms. The van der Waals surface area contributed by atoms with E-state index in [0.717, 1.165) is 24.6 Å². The summed E-state index contributed by atoms with van der Waals surface area (Å²) in [6, 6.07) is 12.9. The lowest BCUT2D eigenvalue weighted by atomic mass is 10.1. The average molecular weight is 473 g/mol. The zero-order chi connectivity index (χ0) is 24.8. The van der Waals surface area contributed by atoms with Crippen LogP contribution in [0.15, 0.2) is 36.4 Å². The SMILES string of the molecule is Cc1cccc(C)c1OCC(C)NCCOCCOCCNC(C)COc1c(C)cccc1C. The van der Waals surface area contributed by atoms with Crippen LogP contribution in [0.1, 0.15) is 36.1 Å². The molecule has 0 aliphatic heterocycles. The van der Waals surface area contributed by atoms with Crippen LogP contribution in [0.4, 0.5) is 0 Å². The van der Waals surface area contributed by atoms with Gasteiger partial charge >= 0.3 is 0 Å². The number of ether oxygens (including phenoxy) is 4. The van der Waals surface area contributed by atoms with Crippen molar-refractivity contribution >= 4 is 0 Å². The van der Waals surface area contributed by atoms with Gasteiger partial charge in [-0.3, -0.25) is 0 Å². The Labute approximate surface area is 206 Å². The molecule has 6 heteroatoms. The van der Waals surface area contributed by atoms with Gasteiger partial charge in [-0.2, -0.15) is 0 Å². The molecule has 0 aliphatic carbocycles. The lowest BCUT2D eigenvalue weighted by molar-refractivity contribution is 0.0481. The second kappa shape index (κ2) is 15.7. The molecule has 2 atom stereocenters. The first-order valence-corrected chi connectivity index (χ1v) is 12.4. The molecule has 2 unspecified atom stereocenters. The molecule has 0 amide bonds. The van der Waals surface area contributed by atoms with Crippen LogP contribution in [0, 0.1) is 27.7 Å². The van der Waals surface area contributed by atoms with Crippen LogP contribution in [-0.2, 0) is 9.47 Å². The molecule has 0 saturated heterocycles. The number of benzene rings is 2. The van der Waals surface area contributed by atoms with E-state index in [1.165, 1.54) is 22.3 Å². The highest BCUT2D eigenvalue weighted by Gasteiger charge is 2.08. The summed E-state index contributed by atoms with van der Waals surface area (Å²) in [5.41, 5.74) is 4.69. The van der Waals surface area contributed by atoms with E-state index in [0.29, 0.717) is 39.6 Å². The van der Waals surface area contributed by atoms with Crippen molar-refractivity contribution < 1.29 is 18.9 Å². The van der Waals surface area contributed by atoms with Crippen molar-refractivity contribution in [3.8, 4) is 11.5 Å². The van der Waals surface area contributed by atoms with Crippen LogP contribution < -0.4 is 20.1 Å². The second-order valence-corrected chi connectivity index (χ2v) is 9.00. The third kappa shape index (κ3) is 10.4. The first-order chi connectivity index (χ1) is 16.4. The van der Waals surface area contributed by atoms with Crippen molar-refractivity contribution in [2.24, 2.45) is 0 Å². The maximum Gasteiger partial charge on any atom is 0.125 e. The molecular weight excluding hydrogens is 428 g/mol. The van der Waals surface area contributed by atoms with Crippen molar-refractivity contribution in [3.05, 3.63) is 58.7 Å². The summed E-state index contributed by atoms with van der Waals surface area (Å²) in [5.74, 6) is 1.98. The summed E-state index contributed by atoms with van der Waals surface area (Å²) >= 11 is 0. The van der Waals surface area contributed by atoms with Crippen LogP contribution in [-0.4, -0.2) is 64.8 Å². The molecule has 0 heterocycles. The van der Waals surface area contributed by atoms with Gasteiger partial charge in [0, 0.05) is 25.2 Å². The number of nitrogens with one attached hydrogen (secondary N) is 2. The first kappa shape index (κ1) is 28.1. The number of rotatable bonds is 17. The molecule has 2 rings (SSSR count). The molecule has 2 N–H and O–H groups in total. The molecule has 0 saturated carbocycles. The highest BCUT2D eigenvalue weighted by molar-refractivity contribution is 5.40. The molecule has 6 nitrogen and oxygen atoms in total. The van der Waals surface area contributed by atoms with E-state index < -0.39 is 0 Å². The Morgan fingerprint density at radius 2 is 0.941 bits per heavy atom. The summed E-state index contributed by atoms with van der Waals surface area (Å²) in [5, 5.41) is 6.87. The molecule has 0 aromatic heterocycles. The Kier molecular flexibility index (Phi) is 13.0. The predicted octanol–water partition coefficient (Wildman–Crippen LogP) is 4.37. The smallest absolute Gasteiger partial charge is 0.125 e. The van der Waals surface area contributed by atoms with Crippen LogP contribution in [0.2, 0.25) is 0 Å². The van der Waals surface area contributed by atoms with Gasteiger partial charge < -0.3 is 29.6 Å². The van der Waals surface area contributed by atoms with Gasteiger partial charge in [-0.25, -0.2) is 0 Å². The van der Waals surface area contributed by atoms with E-state index in [-0.39, 0.29) is 12.1 Å². The largest absolute Gasteiger partial charge is 0.491 e. The van der Waals surface area contributed by atoms with Crippen LogP contribution >= 0.6 is 0 Å². The fraction of sp³-hybridized carbons (Fsp3) is 0.571. The zero-order valence-electron chi connectivity index (χ0n) is 21.9. The van der Waals surface area contributed by atoms with Crippen molar-refractivity contribution in [3.63, 3.8) is 0 Å². The summed E-state index contributed by atoms with van der Waals surface area (Å²) in [6.07, 6.45) is 0. The standard InChI is InChI=1S/C28H44N2O4/c1-21-9-7-10-22(2)27(21)33-19-25(5)29-13-15-31-17-18-32-16-14-30-26(6)20-34-28-23(3)11-8-12-24(28)4/h7-12,25-26,29-30H,13-20H2,1-6H3. The van der Waals surface area contributed by atoms with E-state index in [1.54, 1.807) is 0 Å². The lowest BCUT2D eigenvalue weighted by Crippen LogP contribution is -2.35. The number of hydrogen-bond acceptors (Lipinski definition) is 6. The van der Waals surface area contributed by atoms with E-state index in [4.69, 9.17) is 18.9 Å². The average Bonchev–Trinajstić information content (AvgIpc) is 2.79. The van der Waals surface area contributed by atoms with Crippen molar-refractivity contribution in [1.82, 2.24) is 10.6 Å². The predicted molar refractivity (Wildman–Crippen MR) is 139 cm³/mol. The van der Waals surface area contributed by atoms with Crippen molar-refractivity contribution in [1.29, 1.82) is 0 Å². The molecule has 0 fully saturated rings. The molecule has 0 spiro atoms. The molecule has 0 bridgehead atoms. The topological polar surface area (TPSA) is 61.0 Å². The minimum atomic E-state index is 0.255. The third-order valence-electron chi connectivity index (χ3n) is 5.62. The highest BCUT2D eigenvalue weighted by atomic mass is 16.5. The fourth-order valence-corrected chi connectivity index (χ4v) is 3.67. The minimum absolute atomic E-state index is 0.255. The number of hydrogen-bond donors (Lipinski definition) is 2. The Balaban J connectivity index is 1.42. The summed E-state index contributed by atoms with van der Waals surface area (Å²) < 4.78 is 23.3. The maximum absolute atomic E-state index is 5.99. The molecule has 0 aliphatic rings. The van der Waals surface area contributed by atoms with Crippen LogP contribution in [0.25, 0.3) is 0 Å². The van der Waals surface area contributed by atoms with Gasteiger partial charge in [0.25, 0.3) is 0 Å². The van der Waals surface area contributed by atoms with Crippen molar-refractivity contribution in [2.75, 3.05) is 52.7 Å². The van der Waals surface area contributed by atoms with Gasteiger partial charge in [-0.15, -0.1) is 0 Å². The minimum Gasteiger partial charge on any atom is -0.491 e. The van der Waals surface area contributed by atoms with E-state index in [2.05, 4.69) is 88.6 Å². The van der Waals surface area contributed by atoms with Crippen LogP contribution in [0.5, 0.6) is 11.5 Å². The number of aryl methyl sites for hydroxylation is 4. The second-order valence-electron chi connectivity index (χ2n) is 9.00. The summed E-state index contributed by atoms with van der Waals surface area (Å²) in [6.45, 7) is 17.9. The Morgan fingerprint density at radius 1 is 0.588 bits per heavy atom. The van der Waals surface area contributed by atoms with Gasteiger partial charge in [0.2, 0.25) is 0 Å². The highest BCUT2D eigenvalue weighted by Crippen LogP contribution is 2.23. The quantitative estimate of drug-likeness (QED) is 0.334. The normalized spacial score (nSPS) is 13.0. The van der Waals surface area contributed by atoms with E-state index >= 15 is 0 Å². The van der Waals surface area contributed by atoms with Crippen molar-refractivity contribution in [2.45, 2.75) is 53.6 Å². The molecular formula is C28H44N2O4. The third-order valence-corrected chi connectivity index (χ3v) is 5.62. The Morgan fingerprint density at radius 3 is 1.29 bits per heavy atom. The fourth-order valence-electron chi connectivity index (χ4n) is 3.67.